The maximum atomic E-state index is 9.66. The standard InChI is InChI=1S/C13H19N3O/c1-10-9-16(8-7-12(10)17)13(14)15-11-5-3-2-4-6-11/h2-6,10,12,17H,7-9H2,1H3,(H2,14,15). The minimum atomic E-state index is -0.212. The van der Waals surface area contributed by atoms with Crippen molar-refractivity contribution in [3.05, 3.63) is 30.3 Å². The fraction of sp³-hybridized carbons (Fsp3) is 0.462. The molecule has 2 rings (SSSR count). The lowest BCUT2D eigenvalue weighted by Gasteiger charge is -2.34. The van der Waals surface area contributed by atoms with Crippen molar-refractivity contribution in [2.75, 3.05) is 13.1 Å². The van der Waals surface area contributed by atoms with Gasteiger partial charge in [-0.05, 0) is 24.5 Å². The highest BCUT2D eigenvalue weighted by atomic mass is 16.3. The summed E-state index contributed by atoms with van der Waals surface area (Å²) in [5, 5.41) is 9.66. The van der Waals surface area contributed by atoms with E-state index in [-0.39, 0.29) is 12.0 Å². The minimum Gasteiger partial charge on any atom is -0.393 e. The molecular formula is C13H19N3O. The van der Waals surface area contributed by atoms with Crippen molar-refractivity contribution in [3.63, 3.8) is 0 Å². The molecule has 4 heteroatoms. The van der Waals surface area contributed by atoms with Crippen LogP contribution >= 0.6 is 0 Å². The topological polar surface area (TPSA) is 61.8 Å². The third kappa shape index (κ3) is 2.97. The van der Waals surface area contributed by atoms with Crippen LogP contribution in [-0.4, -0.2) is 35.2 Å². The van der Waals surface area contributed by atoms with Gasteiger partial charge in [-0.25, -0.2) is 4.99 Å². The van der Waals surface area contributed by atoms with Crippen LogP contribution in [0.2, 0.25) is 0 Å². The van der Waals surface area contributed by atoms with Crippen molar-refractivity contribution in [1.82, 2.24) is 4.90 Å². The van der Waals surface area contributed by atoms with E-state index in [0.29, 0.717) is 5.96 Å². The molecule has 0 saturated carbocycles. The lowest BCUT2D eigenvalue weighted by molar-refractivity contribution is 0.0586. The largest absolute Gasteiger partial charge is 0.393 e. The molecule has 0 aliphatic carbocycles. The van der Waals surface area contributed by atoms with E-state index in [4.69, 9.17) is 5.73 Å². The first-order chi connectivity index (χ1) is 8.16. The number of aliphatic hydroxyl groups is 1. The molecule has 0 radical (unpaired) electrons. The Bertz CT molecular complexity index is 391. The highest BCUT2D eigenvalue weighted by Crippen LogP contribution is 2.17. The number of aliphatic imine (C=N–C) groups is 1. The van der Waals surface area contributed by atoms with Gasteiger partial charge >= 0.3 is 0 Å². The average molecular weight is 233 g/mol. The van der Waals surface area contributed by atoms with Crippen LogP contribution in [0, 0.1) is 5.92 Å². The molecule has 3 N–H and O–H groups in total. The molecule has 0 bridgehead atoms. The molecule has 1 aromatic rings. The van der Waals surface area contributed by atoms with Gasteiger partial charge in [-0.1, -0.05) is 25.1 Å². The molecule has 1 heterocycles. The number of hydrogen-bond acceptors (Lipinski definition) is 2. The molecular weight excluding hydrogens is 214 g/mol. The second-order valence-corrected chi connectivity index (χ2v) is 4.58. The van der Waals surface area contributed by atoms with E-state index >= 15 is 0 Å². The van der Waals surface area contributed by atoms with E-state index in [1.165, 1.54) is 0 Å². The maximum Gasteiger partial charge on any atom is 0.196 e. The molecule has 1 fully saturated rings. The molecule has 1 saturated heterocycles. The van der Waals surface area contributed by atoms with Crippen LogP contribution in [0.4, 0.5) is 5.69 Å². The number of benzene rings is 1. The van der Waals surface area contributed by atoms with Gasteiger partial charge in [0.05, 0.1) is 11.8 Å². The van der Waals surface area contributed by atoms with E-state index in [2.05, 4.69) is 4.99 Å². The molecule has 0 amide bonds. The summed E-state index contributed by atoms with van der Waals surface area (Å²) >= 11 is 0. The third-order valence-electron chi connectivity index (χ3n) is 3.18. The molecule has 1 aromatic carbocycles. The van der Waals surface area contributed by atoms with E-state index in [1.54, 1.807) is 0 Å². The van der Waals surface area contributed by atoms with Crippen molar-refractivity contribution >= 4 is 11.6 Å². The Kier molecular flexibility index (Phi) is 3.64. The van der Waals surface area contributed by atoms with Gasteiger partial charge < -0.3 is 15.7 Å². The summed E-state index contributed by atoms with van der Waals surface area (Å²) in [6.07, 6.45) is 0.544. The SMILES string of the molecule is CC1CN(C(N)=Nc2ccccc2)CCC1O. The number of rotatable bonds is 1. The van der Waals surface area contributed by atoms with Gasteiger partial charge in [-0.15, -0.1) is 0 Å². The Morgan fingerprint density at radius 2 is 2.12 bits per heavy atom. The van der Waals surface area contributed by atoms with Crippen LogP contribution in [0.25, 0.3) is 0 Å². The number of nitrogens with zero attached hydrogens (tertiary/aromatic N) is 2. The Hall–Kier alpha value is -1.55. The molecule has 17 heavy (non-hydrogen) atoms. The highest BCUT2D eigenvalue weighted by Gasteiger charge is 2.25. The number of nitrogens with two attached hydrogens (primary N) is 1. The Balaban J connectivity index is 2.05. The van der Waals surface area contributed by atoms with E-state index in [1.807, 2.05) is 42.2 Å². The van der Waals surface area contributed by atoms with Crippen molar-refractivity contribution < 1.29 is 5.11 Å². The van der Waals surface area contributed by atoms with Crippen LogP contribution < -0.4 is 5.73 Å². The summed E-state index contributed by atoms with van der Waals surface area (Å²) in [6, 6.07) is 9.68. The highest BCUT2D eigenvalue weighted by molar-refractivity contribution is 5.81. The molecule has 0 spiro atoms. The quantitative estimate of drug-likeness (QED) is 0.568. The van der Waals surface area contributed by atoms with Gasteiger partial charge in [0.1, 0.15) is 0 Å². The third-order valence-corrected chi connectivity index (χ3v) is 3.18. The molecule has 0 aromatic heterocycles. The number of hydrogen-bond donors (Lipinski definition) is 2. The lowest BCUT2D eigenvalue weighted by Crippen LogP contribution is -2.47. The van der Waals surface area contributed by atoms with E-state index in [9.17, 15) is 5.11 Å². The van der Waals surface area contributed by atoms with Crippen LogP contribution in [0.15, 0.2) is 35.3 Å². The summed E-state index contributed by atoms with van der Waals surface area (Å²) in [7, 11) is 0. The van der Waals surface area contributed by atoms with Crippen molar-refractivity contribution in [2.24, 2.45) is 16.6 Å². The first-order valence-electron chi connectivity index (χ1n) is 5.99. The fourth-order valence-electron chi connectivity index (χ4n) is 2.05. The molecule has 2 atom stereocenters. The van der Waals surface area contributed by atoms with Gasteiger partial charge in [-0.3, -0.25) is 0 Å². The van der Waals surface area contributed by atoms with Crippen molar-refractivity contribution in [2.45, 2.75) is 19.4 Å². The summed E-state index contributed by atoms with van der Waals surface area (Å²) < 4.78 is 0. The van der Waals surface area contributed by atoms with Crippen LogP contribution in [0.3, 0.4) is 0 Å². The fourth-order valence-corrected chi connectivity index (χ4v) is 2.05. The zero-order valence-corrected chi connectivity index (χ0v) is 10.1. The van der Waals surface area contributed by atoms with Gasteiger partial charge in [0.25, 0.3) is 0 Å². The summed E-state index contributed by atoms with van der Waals surface area (Å²) in [4.78, 5) is 6.41. The maximum absolute atomic E-state index is 9.66. The van der Waals surface area contributed by atoms with Crippen molar-refractivity contribution in [3.8, 4) is 0 Å². The van der Waals surface area contributed by atoms with Gasteiger partial charge in [0.2, 0.25) is 0 Å². The van der Waals surface area contributed by atoms with Gasteiger partial charge in [-0.2, -0.15) is 0 Å². The monoisotopic (exact) mass is 233 g/mol. The number of guanidine groups is 1. The first kappa shape index (κ1) is 11.9. The normalized spacial score (nSPS) is 26.0. The van der Waals surface area contributed by atoms with Crippen LogP contribution in [0.5, 0.6) is 0 Å². The molecule has 1 aliphatic heterocycles. The molecule has 4 nitrogen and oxygen atoms in total. The summed E-state index contributed by atoms with van der Waals surface area (Å²) in [6.45, 7) is 3.57. The zero-order valence-electron chi connectivity index (χ0n) is 10.1. The predicted octanol–water partition coefficient (Wildman–Crippen LogP) is 1.34. The summed E-state index contributed by atoms with van der Waals surface area (Å²) in [5.74, 6) is 0.781. The first-order valence-corrected chi connectivity index (χ1v) is 5.99. The van der Waals surface area contributed by atoms with Crippen molar-refractivity contribution in [1.29, 1.82) is 0 Å². The van der Waals surface area contributed by atoms with E-state index in [0.717, 1.165) is 25.2 Å². The summed E-state index contributed by atoms with van der Waals surface area (Å²) in [5.41, 5.74) is 6.85. The number of likely N-dealkylation sites (tertiary alicyclic amines) is 1. The van der Waals surface area contributed by atoms with Crippen LogP contribution in [0.1, 0.15) is 13.3 Å². The second-order valence-electron chi connectivity index (χ2n) is 4.58. The van der Waals surface area contributed by atoms with E-state index < -0.39 is 0 Å². The zero-order chi connectivity index (χ0) is 12.3. The number of aliphatic hydroxyl groups excluding tert-OH is 1. The predicted molar refractivity (Wildman–Crippen MR) is 69.1 cm³/mol. The Morgan fingerprint density at radius 3 is 2.76 bits per heavy atom. The second kappa shape index (κ2) is 5.19. The van der Waals surface area contributed by atoms with Gasteiger partial charge in [0.15, 0.2) is 5.96 Å². The molecule has 1 aliphatic rings. The lowest BCUT2D eigenvalue weighted by atomic mass is 9.97. The number of piperidine rings is 1. The van der Waals surface area contributed by atoms with Crippen LogP contribution in [-0.2, 0) is 0 Å². The smallest absolute Gasteiger partial charge is 0.196 e. The molecule has 92 valence electrons. The average Bonchev–Trinajstić information content (AvgIpc) is 2.34. The molecule has 2 unspecified atom stereocenters. The number of para-hydroxylation sites is 1. The Morgan fingerprint density at radius 1 is 1.41 bits per heavy atom. The minimum absolute atomic E-state index is 0.212. The van der Waals surface area contributed by atoms with Gasteiger partial charge in [0, 0.05) is 13.1 Å². The Labute approximate surface area is 102 Å².